The molecule has 0 fully saturated rings. The van der Waals surface area contributed by atoms with Crippen LogP contribution in [0.5, 0.6) is 5.75 Å². The lowest BCUT2D eigenvalue weighted by molar-refractivity contribution is -0.110. The highest BCUT2D eigenvalue weighted by Gasteiger charge is 2.23. The number of halogens is 1. The van der Waals surface area contributed by atoms with Crippen LogP contribution >= 0.6 is 22.6 Å². The largest absolute Gasteiger partial charge is 0.494 e. The van der Waals surface area contributed by atoms with E-state index in [1.165, 1.54) is 0 Å². The third-order valence-corrected chi connectivity index (χ3v) is 4.26. The molecule has 0 aromatic heterocycles. The number of hydrogen-bond acceptors (Lipinski definition) is 3. The third kappa shape index (κ3) is 3.85. The Balaban J connectivity index is 1.67. The highest BCUT2D eigenvalue weighted by atomic mass is 127. The molecule has 0 radical (unpaired) electrons. The van der Waals surface area contributed by atoms with Crippen LogP contribution in [0.25, 0.3) is 5.57 Å². The summed E-state index contributed by atoms with van der Waals surface area (Å²) in [6.45, 7) is 0.733. The zero-order valence-electron chi connectivity index (χ0n) is 12.5. The highest BCUT2D eigenvalue weighted by molar-refractivity contribution is 14.1. The molecule has 3 rings (SSSR count). The number of ether oxygens (including phenoxy) is 1. The summed E-state index contributed by atoms with van der Waals surface area (Å²) in [4.78, 5) is 12.0. The number of fused-ring (bicyclic) bond motifs is 1. The Morgan fingerprint density at radius 1 is 1.13 bits per heavy atom. The standard InChI is InChI=1S/C18H17IN2O2/c19-10-3-11-23-14-8-6-13(7-9-14)20-12-16-15-4-1-2-5-17(15)21-18(16)22/h1-2,4-9,12,20H,3,10-11H2,(H,21,22)/b16-12+. The first-order valence-electron chi connectivity index (χ1n) is 7.44. The van der Waals surface area contributed by atoms with Crippen LogP contribution in [0.1, 0.15) is 12.0 Å². The van der Waals surface area contributed by atoms with Crippen molar-refractivity contribution < 1.29 is 9.53 Å². The lowest BCUT2D eigenvalue weighted by Crippen LogP contribution is -2.05. The summed E-state index contributed by atoms with van der Waals surface area (Å²) >= 11 is 2.34. The number of nitrogens with one attached hydrogen (secondary N) is 2. The van der Waals surface area contributed by atoms with Crippen LogP contribution in [0.2, 0.25) is 0 Å². The monoisotopic (exact) mass is 420 g/mol. The number of carbonyl (C=O) groups is 1. The molecule has 0 spiro atoms. The maximum absolute atomic E-state index is 12.0. The second kappa shape index (κ2) is 7.50. The Kier molecular flexibility index (Phi) is 5.17. The lowest BCUT2D eigenvalue weighted by atomic mass is 10.1. The zero-order chi connectivity index (χ0) is 16.1. The predicted octanol–water partition coefficient (Wildman–Crippen LogP) is 4.30. The van der Waals surface area contributed by atoms with Gasteiger partial charge in [0.1, 0.15) is 5.75 Å². The number of rotatable bonds is 6. The summed E-state index contributed by atoms with van der Waals surface area (Å²) in [6.07, 6.45) is 2.79. The average Bonchev–Trinajstić information content (AvgIpc) is 2.90. The highest BCUT2D eigenvalue weighted by Crippen LogP contribution is 2.31. The van der Waals surface area contributed by atoms with Gasteiger partial charge in [-0.15, -0.1) is 0 Å². The van der Waals surface area contributed by atoms with Gasteiger partial charge < -0.3 is 15.4 Å². The van der Waals surface area contributed by atoms with Crippen molar-refractivity contribution in [2.24, 2.45) is 0 Å². The molecule has 0 saturated heterocycles. The number of amides is 1. The van der Waals surface area contributed by atoms with E-state index in [4.69, 9.17) is 4.74 Å². The first kappa shape index (κ1) is 15.9. The molecule has 0 atom stereocenters. The van der Waals surface area contributed by atoms with Gasteiger partial charge in [-0.1, -0.05) is 40.8 Å². The number of alkyl halides is 1. The average molecular weight is 420 g/mol. The smallest absolute Gasteiger partial charge is 0.257 e. The SMILES string of the molecule is O=C1Nc2ccccc2/C1=C\Nc1ccc(OCCCI)cc1. The number of hydrogen-bond donors (Lipinski definition) is 2. The van der Waals surface area contributed by atoms with Gasteiger partial charge >= 0.3 is 0 Å². The minimum atomic E-state index is -0.0857. The molecular weight excluding hydrogens is 403 g/mol. The summed E-state index contributed by atoms with van der Waals surface area (Å²) in [7, 11) is 0. The van der Waals surface area contributed by atoms with Crippen LogP contribution in [-0.4, -0.2) is 16.9 Å². The molecule has 5 heteroatoms. The first-order valence-corrected chi connectivity index (χ1v) is 8.97. The van der Waals surface area contributed by atoms with E-state index >= 15 is 0 Å². The van der Waals surface area contributed by atoms with Crippen LogP contribution < -0.4 is 15.4 Å². The molecule has 0 saturated carbocycles. The van der Waals surface area contributed by atoms with E-state index in [0.717, 1.165) is 40.1 Å². The predicted molar refractivity (Wildman–Crippen MR) is 102 cm³/mol. The van der Waals surface area contributed by atoms with Crippen molar-refractivity contribution in [3.63, 3.8) is 0 Å². The van der Waals surface area contributed by atoms with Gasteiger partial charge in [0.2, 0.25) is 0 Å². The fourth-order valence-corrected chi connectivity index (χ4v) is 2.64. The number of para-hydroxylation sites is 1. The molecule has 2 aromatic carbocycles. The van der Waals surface area contributed by atoms with Crippen molar-refractivity contribution >= 4 is 45.4 Å². The van der Waals surface area contributed by atoms with Crippen LogP contribution in [0, 0.1) is 0 Å². The minimum absolute atomic E-state index is 0.0857. The summed E-state index contributed by atoms with van der Waals surface area (Å²) < 4.78 is 6.72. The fourth-order valence-electron chi connectivity index (χ4n) is 2.33. The van der Waals surface area contributed by atoms with Gasteiger partial charge in [0, 0.05) is 27.6 Å². The molecule has 4 nitrogen and oxygen atoms in total. The normalized spacial score (nSPS) is 14.5. The number of carbonyl (C=O) groups excluding carboxylic acids is 1. The van der Waals surface area contributed by atoms with Gasteiger partial charge in [-0.25, -0.2) is 0 Å². The van der Waals surface area contributed by atoms with Crippen LogP contribution in [-0.2, 0) is 4.79 Å². The van der Waals surface area contributed by atoms with Gasteiger partial charge in [0.15, 0.2) is 0 Å². The van der Waals surface area contributed by atoms with Crippen molar-refractivity contribution in [1.29, 1.82) is 0 Å². The zero-order valence-corrected chi connectivity index (χ0v) is 14.7. The lowest BCUT2D eigenvalue weighted by Gasteiger charge is -2.07. The Hall–Kier alpha value is -2.02. The van der Waals surface area contributed by atoms with Crippen LogP contribution in [0.4, 0.5) is 11.4 Å². The number of anilines is 2. The topological polar surface area (TPSA) is 50.4 Å². The fraction of sp³-hybridized carbons (Fsp3) is 0.167. The first-order chi connectivity index (χ1) is 11.3. The summed E-state index contributed by atoms with van der Waals surface area (Å²) in [5.74, 6) is 0.773. The van der Waals surface area contributed by atoms with E-state index in [1.807, 2.05) is 48.5 Å². The molecule has 0 bridgehead atoms. The van der Waals surface area contributed by atoms with Crippen molar-refractivity contribution in [3.05, 3.63) is 60.3 Å². The summed E-state index contributed by atoms with van der Waals surface area (Å²) in [5, 5.41) is 6.03. The van der Waals surface area contributed by atoms with E-state index in [9.17, 15) is 4.79 Å². The molecule has 23 heavy (non-hydrogen) atoms. The van der Waals surface area contributed by atoms with Gasteiger partial charge in [-0.2, -0.15) is 0 Å². The molecule has 2 aromatic rings. The second-order valence-corrected chi connectivity index (χ2v) is 6.20. The quantitative estimate of drug-likeness (QED) is 0.317. The van der Waals surface area contributed by atoms with Gasteiger partial charge in [-0.05, 0) is 36.8 Å². The Morgan fingerprint density at radius 2 is 1.91 bits per heavy atom. The van der Waals surface area contributed by atoms with Crippen LogP contribution in [0.15, 0.2) is 54.7 Å². The van der Waals surface area contributed by atoms with Gasteiger partial charge in [0.25, 0.3) is 5.91 Å². The molecule has 1 aliphatic rings. The number of benzene rings is 2. The van der Waals surface area contributed by atoms with Gasteiger partial charge in [0.05, 0.1) is 12.2 Å². The maximum atomic E-state index is 12.0. The van der Waals surface area contributed by atoms with E-state index in [-0.39, 0.29) is 5.91 Å². The van der Waals surface area contributed by atoms with E-state index in [2.05, 4.69) is 33.2 Å². The minimum Gasteiger partial charge on any atom is -0.494 e. The Morgan fingerprint density at radius 3 is 2.70 bits per heavy atom. The maximum Gasteiger partial charge on any atom is 0.257 e. The Labute approximate surface area is 149 Å². The van der Waals surface area contributed by atoms with Crippen molar-refractivity contribution in [2.45, 2.75) is 6.42 Å². The third-order valence-electron chi connectivity index (χ3n) is 3.49. The second-order valence-electron chi connectivity index (χ2n) is 5.12. The molecule has 0 unspecified atom stereocenters. The Bertz CT molecular complexity index is 726. The van der Waals surface area contributed by atoms with Crippen molar-refractivity contribution in [2.75, 3.05) is 21.7 Å². The summed E-state index contributed by atoms with van der Waals surface area (Å²) in [6, 6.07) is 15.4. The van der Waals surface area contributed by atoms with E-state index in [0.29, 0.717) is 5.57 Å². The molecule has 2 N–H and O–H groups in total. The molecule has 1 amide bonds. The molecule has 1 heterocycles. The van der Waals surface area contributed by atoms with E-state index in [1.54, 1.807) is 6.20 Å². The summed E-state index contributed by atoms with van der Waals surface area (Å²) in [5.41, 5.74) is 3.33. The molecule has 0 aliphatic carbocycles. The van der Waals surface area contributed by atoms with E-state index < -0.39 is 0 Å². The van der Waals surface area contributed by atoms with Crippen molar-refractivity contribution in [3.8, 4) is 5.75 Å². The molecule has 1 aliphatic heterocycles. The van der Waals surface area contributed by atoms with Crippen LogP contribution in [0.3, 0.4) is 0 Å². The molecular formula is C18H17IN2O2. The molecule has 118 valence electrons. The van der Waals surface area contributed by atoms with Crippen molar-refractivity contribution in [1.82, 2.24) is 0 Å². The van der Waals surface area contributed by atoms with Gasteiger partial charge in [-0.3, -0.25) is 4.79 Å².